The number of nitrogens with one attached hydrogen (secondary N) is 1. The number of aromatic nitrogens is 3. The van der Waals surface area contributed by atoms with Crippen molar-refractivity contribution in [3.63, 3.8) is 0 Å². The van der Waals surface area contributed by atoms with Gasteiger partial charge in [0.25, 0.3) is 11.8 Å². The van der Waals surface area contributed by atoms with E-state index in [1.807, 2.05) is 6.92 Å². The molecule has 1 spiro atoms. The molecule has 51 heavy (non-hydrogen) atoms. The Labute approximate surface area is 294 Å². The van der Waals surface area contributed by atoms with Crippen molar-refractivity contribution >= 4 is 31.6 Å². The van der Waals surface area contributed by atoms with Crippen LogP contribution in [0.5, 0.6) is 5.75 Å². The van der Waals surface area contributed by atoms with Gasteiger partial charge in [0, 0.05) is 48.5 Å². The maximum Gasteiger partial charge on any atom is 0.264 e. The van der Waals surface area contributed by atoms with E-state index >= 15 is 4.11 Å². The third-order valence-electron chi connectivity index (χ3n) is 10.1. The first-order valence-electron chi connectivity index (χ1n) is 16.8. The number of benzene rings is 2. The number of carbonyl (C=O) groups is 2. The lowest BCUT2D eigenvalue weighted by atomic mass is 9.82. The van der Waals surface area contributed by atoms with Gasteiger partial charge >= 0.3 is 0 Å². The zero-order valence-corrected chi connectivity index (χ0v) is 29.7. The maximum atomic E-state index is 16.3. The Morgan fingerprint density at radius 3 is 2.59 bits per heavy atom. The second-order valence-corrected chi connectivity index (χ2v) is 17.7. The van der Waals surface area contributed by atoms with E-state index in [4.69, 9.17) is 14.2 Å². The molecule has 2 amide bonds. The number of carbonyl (C=O) groups excluding carboxylic acids is 2. The molecule has 0 aliphatic carbocycles. The van der Waals surface area contributed by atoms with Crippen molar-refractivity contribution < 1.29 is 53.4 Å². The number of aryl methyl sites for hydroxylation is 1. The normalized spacial score (nSPS) is 30.5. The minimum absolute atomic E-state index is 0.0596. The fraction of sp³-hybridized carbons (Fsp3) is 0.529. The van der Waals surface area contributed by atoms with Gasteiger partial charge in [-0.15, -0.1) is 5.10 Å². The van der Waals surface area contributed by atoms with Gasteiger partial charge in [0.1, 0.15) is 24.1 Å². The van der Waals surface area contributed by atoms with Crippen LogP contribution >= 0.6 is 0 Å². The molecule has 2 fully saturated rings. The number of methoxy groups -OCH3 is 1. The average molecular weight is 730 g/mol. The quantitative estimate of drug-likeness (QED) is 0.121. The van der Waals surface area contributed by atoms with Gasteiger partial charge < -0.3 is 54.1 Å². The van der Waals surface area contributed by atoms with Crippen molar-refractivity contribution in [2.24, 2.45) is 5.92 Å². The van der Waals surface area contributed by atoms with E-state index in [9.17, 15) is 35.1 Å². The summed E-state index contributed by atoms with van der Waals surface area (Å²) in [7, 11) is -1.91. The molecule has 3 aliphatic rings. The number of hydrogen-bond donors (Lipinski definition) is 6. The Morgan fingerprint density at radius 1 is 1.12 bits per heavy atom. The molecule has 17 heteroatoms. The van der Waals surface area contributed by atoms with Gasteiger partial charge in [0.2, 0.25) is 8.41 Å². The number of rotatable bonds is 11. The van der Waals surface area contributed by atoms with Gasteiger partial charge in [-0.25, -0.2) is 0 Å². The molecule has 4 heterocycles. The lowest BCUT2D eigenvalue weighted by molar-refractivity contribution is -0.274. The Bertz CT molecular complexity index is 1760. The zero-order chi connectivity index (χ0) is 36.8. The number of anilines is 2. The van der Waals surface area contributed by atoms with E-state index in [1.165, 1.54) is 7.11 Å². The highest BCUT2D eigenvalue weighted by molar-refractivity contribution is 6.72. The molecule has 9 atom stereocenters. The Kier molecular flexibility index (Phi) is 10.4. The molecule has 2 aromatic carbocycles. The number of amides is 2. The molecule has 15 nitrogen and oxygen atoms in total. The van der Waals surface area contributed by atoms with Crippen molar-refractivity contribution in [3.8, 4) is 5.75 Å². The molecule has 276 valence electrons. The largest absolute Gasteiger partial charge is 0.497 e. The molecule has 6 rings (SSSR count). The van der Waals surface area contributed by atoms with Crippen molar-refractivity contribution in [3.05, 3.63) is 65.5 Å². The number of halogens is 1. The van der Waals surface area contributed by atoms with Crippen LogP contribution in [-0.2, 0) is 44.2 Å². The minimum Gasteiger partial charge on any atom is -0.497 e. The van der Waals surface area contributed by atoms with Crippen LogP contribution in [0.1, 0.15) is 30.2 Å². The lowest BCUT2D eigenvalue weighted by Crippen LogP contribution is -2.60. The summed E-state index contributed by atoms with van der Waals surface area (Å²) in [6.07, 6.45) is -7.07. The first-order valence-corrected chi connectivity index (χ1v) is 19.8. The molecule has 0 bridgehead atoms. The molecule has 0 unspecified atom stereocenters. The number of hydrogen-bond acceptors (Lipinski definition) is 12. The molecule has 3 aromatic rings. The van der Waals surface area contributed by atoms with E-state index in [-0.39, 0.29) is 24.7 Å². The first-order chi connectivity index (χ1) is 24.2. The van der Waals surface area contributed by atoms with Gasteiger partial charge in [-0.05, 0) is 55.4 Å². The predicted molar refractivity (Wildman–Crippen MR) is 182 cm³/mol. The summed E-state index contributed by atoms with van der Waals surface area (Å²) in [5.74, 6) is -1.26. The van der Waals surface area contributed by atoms with Crippen molar-refractivity contribution in [1.82, 2.24) is 15.0 Å². The minimum atomic E-state index is -3.43. The van der Waals surface area contributed by atoms with E-state index in [0.29, 0.717) is 47.6 Å². The Balaban J connectivity index is 1.27. The molecule has 2 saturated heterocycles. The third-order valence-corrected chi connectivity index (χ3v) is 12.6. The molecular weight excluding hydrogens is 685 g/mol. The zero-order valence-electron chi connectivity index (χ0n) is 28.7. The Morgan fingerprint density at radius 2 is 1.88 bits per heavy atom. The topological polar surface area (TPSA) is 209 Å². The molecule has 6 N–H and O–H groups in total. The highest BCUT2D eigenvalue weighted by Crippen LogP contribution is 2.60. The van der Waals surface area contributed by atoms with Crippen molar-refractivity contribution in [2.45, 2.75) is 93.9 Å². The number of aliphatic hydroxyl groups excluding tert-OH is 5. The number of nitrogens with zero attached hydrogens (tertiary/aromatic N) is 4. The smallest absolute Gasteiger partial charge is 0.264 e. The van der Waals surface area contributed by atoms with Crippen molar-refractivity contribution in [1.29, 1.82) is 0 Å². The molecule has 0 radical (unpaired) electrons. The van der Waals surface area contributed by atoms with E-state index in [2.05, 4.69) is 15.6 Å². The third kappa shape index (κ3) is 6.80. The second kappa shape index (κ2) is 14.3. The van der Waals surface area contributed by atoms with Crippen LogP contribution in [0.25, 0.3) is 0 Å². The monoisotopic (exact) mass is 729 g/mol. The van der Waals surface area contributed by atoms with Gasteiger partial charge in [-0.2, -0.15) is 0 Å². The van der Waals surface area contributed by atoms with E-state index < -0.39 is 68.2 Å². The SMILES string of the molecule is COc1ccc2c(c1)[C@]1(O[C@@H](CCn3cc(CCO)nn3)[C@H]([Si](C)(C)F)[C@H]1C)C(=O)N2Cc1cccc(NC(=O)[C@H]2O[C@@H](O)[C@H](O)[C@@H](O)[C@@H]2O)c1. The van der Waals surface area contributed by atoms with Gasteiger partial charge in [0.05, 0.1) is 31.1 Å². The number of aliphatic hydroxyl groups is 5. The number of ether oxygens (including phenoxy) is 3. The summed E-state index contributed by atoms with van der Waals surface area (Å²) < 4.78 is 35.3. The molecule has 1 aromatic heterocycles. The van der Waals surface area contributed by atoms with Crippen LogP contribution in [0.4, 0.5) is 15.5 Å². The summed E-state index contributed by atoms with van der Waals surface area (Å²) >= 11 is 0. The average Bonchev–Trinajstić information content (AvgIpc) is 3.74. The van der Waals surface area contributed by atoms with Crippen LogP contribution < -0.4 is 15.0 Å². The summed E-state index contributed by atoms with van der Waals surface area (Å²) in [6, 6.07) is 11.9. The van der Waals surface area contributed by atoms with Gasteiger partial charge in [0.15, 0.2) is 18.0 Å². The maximum absolute atomic E-state index is 16.3. The summed E-state index contributed by atoms with van der Waals surface area (Å²) in [5, 5.41) is 60.0. The fourth-order valence-corrected chi connectivity index (χ4v) is 10.3. The summed E-state index contributed by atoms with van der Waals surface area (Å²) in [4.78, 5) is 29.4. The highest BCUT2D eigenvalue weighted by atomic mass is 28.4. The molecule has 3 aliphatic heterocycles. The molecule has 0 saturated carbocycles. The molecular formula is C34H44FN5O10Si. The van der Waals surface area contributed by atoms with Crippen LogP contribution in [0, 0.1) is 5.92 Å². The van der Waals surface area contributed by atoms with Crippen LogP contribution in [0.3, 0.4) is 0 Å². The van der Waals surface area contributed by atoms with Crippen LogP contribution in [0.15, 0.2) is 48.7 Å². The second-order valence-electron chi connectivity index (χ2n) is 13.9. The van der Waals surface area contributed by atoms with E-state index in [1.54, 1.807) is 71.3 Å². The summed E-state index contributed by atoms with van der Waals surface area (Å²) in [6.45, 7) is 5.49. The Hall–Kier alpha value is -3.81. The van der Waals surface area contributed by atoms with Crippen molar-refractivity contribution in [2.75, 3.05) is 23.9 Å². The fourth-order valence-electron chi connectivity index (χ4n) is 7.74. The van der Waals surface area contributed by atoms with E-state index in [0.717, 1.165) is 0 Å². The van der Waals surface area contributed by atoms with Crippen LogP contribution in [-0.4, -0.2) is 111 Å². The van der Waals surface area contributed by atoms with Gasteiger partial charge in [-0.1, -0.05) is 24.3 Å². The first kappa shape index (κ1) is 37.0. The van der Waals surface area contributed by atoms with Gasteiger partial charge in [-0.3, -0.25) is 14.3 Å². The summed E-state index contributed by atoms with van der Waals surface area (Å²) in [5.41, 5.74) is 0.625. The lowest BCUT2D eigenvalue weighted by Gasteiger charge is -2.37. The van der Waals surface area contributed by atoms with Crippen LogP contribution in [0.2, 0.25) is 18.6 Å². The highest BCUT2D eigenvalue weighted by Gasteiger charge is 2.66. The predicted octanol–water partition coefficient (Wildman–Crippen LogP) is 0.972. The standard InChI is InChI=1S/C34H44FN5O10Si/c1-18-30(51(3,4)35)25(10-12-39-17-21(11-13-41)37-38-39)50-34(18)23-15-22(48-2)8-9-24(23)40(33(34)47)16-19-6-5-7-20(14-19)36-31(45)29-27(43)26(42)28(44)32(46)49-29/h5-9,14-15,17-18,25-30,32,41-44,46H,10-13,16H2,1-4H3,(H,36,45)/t18-,25+,26+,27+,28-,29+,30-,32-,34+/m1/s1. The number of fused-ring (bicyclic) bond motifs is 2.